The van der Waals surface area contributed by atoms with Crippen LogP contribution in [-0.4, -0.2) is 95.8 Å². The van der Waals surface area contributed by atoms with Crippen LogP contribution in [-0.2, 0) is 16.0 Å². The van der Waals surface area contributed by atoms with Gasteiger partial charge in [-0.15, -0.1) is 0 Å². The van der Waals surface area contributed by atoms with E-state index in [1.165, 1.54) is 12.0 Å². The number of hydrogen-bond donors (Lipinski definition) is 2. The number of ether oxygens (including phenoxy) is 1. The van der Waals surface area contributed by atoms with E-state index >= 15 is 0 Å². The van der Waals surface area contributed by atoms with Crippen LogP contribution in [0.25, 0.3) is 16.6 Å². The van der Waals surface area contributed by atoms with Crippen LogP contribution < -0.4 is 10.6 Å². The first kappa shape index (κ1) is 31.7. The Morgan fingerprint density at radius 3 is 2.65 bits per heavy atom. The Labute approximate surface area is 265 Å². The van der Waals surface area contributed by atoms with Gasteiger partial charge in [-0.3, -0.25) is 19.4 Å². The zero-order chi connectivity index (χ0) is 32.7. The summed E-state index contributed by atoms with van der Waals surface area (Å²) in [6.45, 7) is 7.05. The highest BCUT2D eigenvalue weighted by molar-refractivity contribution is 6.06. The SMILES string of the molecule is COC1=CC(C)=NC(=O)C1CNC(=O)c1cc2c(-c3ccnc4c3CCN4)ccn2c(C(C)N2CCN(CC(F)(F)F)CC2)c1C. The molecule has 2 atom stereocenters. The van der Waals surface area contributed by atoms with Crippen LogP contribution in [0.4, 0.5) is 19.0 Å². The van der Waals surface area contributed by atoms with Crippen LogP contribution in [0.1, 0.15) is 47.1 Å². The van der Waals surface area contributed by atoms with Crippen LogP contribution in [0.2, 0.25) is 0 Å². The topological polar surface area (TPSA) is 104 Å². The molecular formula is C33H38F3N7O3. The summed E-state index contributed by atoms with van der Waals surface area (Å²) in [7, 11) is 1.49. The molecule has 0 aliphatic carbocycles. The number of allylic oxidation sites excluding steroid dienone is 1. The third-order valence-corrected chi connectivity index (χ3v) is 9.25. The lowest BCUT2D eigenvalue weighted by Crippen LogP contribution is -2.50. The minimum Gasteiger partial charge on any atom is -0.500 e. The Morgan fingerprint density at radius 1 is 1.17 bits per heavy atom. The first-order chi connectivity index (χ1) is 21.9. The first-order valence-electron chi connectivity index (χ1n) is 15.5. The van der Waals surface area contributed by atoms with Gasteiger partial charge in [0, 0.05) is 85.8 Å². The van der Waals surface area contributed by atoms with Gasteiger partial charge in [-0.1, -0.05) is 0 Å². The fourth-order valence-electron chi connectivity index (χ4n) is 6.93. The van der Waals surface area contributed by atoms with Crippen molar-refractivity contribution in [3.8, 4) is 11.1 Å². The summed E-state index contributed by atoms with van der Waals surface area (Å²) in [5.74, 6) is -0.157. The molecule has 3 aliphatic heterocycles. The number of hydrogen-bond acceptors (Lipinski definition) is 7. The second-order valence-corrected chi connectivity index (χ2v) is 12.1. The third kappa shape index (κ3) is 6.13. The summed E-state index contributed by atoms with van der Waals surface area (Å²) in [4.78, 5) is 38.7. The van der Waals surface area contributed by atoms with Crippen LogP contribution in [0, 0.1) is 12.8 Å². The minimum absolute atomic E-state index is 0.0161. The molecule has 2 unspecified atom stereocenters. The summed E-state index contributed by atoms with van der Waals surface area (Å²) in [6.07, 6.45) is 2.05. The van der Waals surface area contributed by atoms with E-state index in [4.69, 9.17) is 4.74 Å². The van der Waals surface area contributed by atoms with Crippen molar-refractivity contribution in [2.24, 2.45) is 10.9 Å². The maximum Gasteiger partial charge on any atom is 0.401 e. The Bertz CT molecular complexity index is 1740. The van der Waals surface area contributed by atoms with Crippen molar-refractivity contribution in [2.45, 2.75) is 39.4 Å². The van der Waals surface area contributed by atoms with Gasteiger partial charge in [-0.05, 0) is 62.6 Å². The molecule has 3 aromatic rings. The number of piperazine rings is 1. The molecule has 6 heterocycles. The van der Waals surface area contributed by atoms with Gasteiger partial charge in [-0.2, -0.15) is 13.2 Å². The molecule has 244 valence electrons. The molecule has 1 saturated heterocycles. The average molecular weight is 638 g/mol. The smallest absolute Gasteiger partial charge is 0.401 e. The van der Waals surface area contributed by atoms with Crippen molar-refractivity contribution >= 4 is 28.9 Å². The number of pyridine rings is 2. The Balaban J connectivity index is 1.37. The molecule has 1 fully saturated rings. The summed E-state index contributed by atoms with van der Waals surface area (Å²) >= 11 is 0. The Kier molecular flexibility index (Phi) is 8.64. The van der Waals surface area contributed by atoms with Crippen LogP contribution >= 0.6 is 0 Å². The zero-order valence-corrected chi connectivity index (χ0v) is 26.4. The molecule has 0 aromatic carbocycles. The van der Waals surface area contributed by atoms with Gasteiger partial charge in [0.25, 0.3) is 11.8 Å². The summed E-state index contributed by atoms with van der Waals surface area (Å²) in [5.41, 5.74) is 6.57. The maximum atomic E-state index is 13.9. The van der Waals surface area contributed by atoms with Gasteiger partial charge < -0.3 is 19.8 Å². The van der Waals surface area contributed by atoms with Crippen LogP contribution in [0.5, 0.6) is 0 Å². The van der Waals surface area contributed by atoms with Gasteiger partial charge in [-0.25, -0.2) is 9.98 Å². The predicted molar refractivity (Wildman–Crippen MR) is 169 cm³/mol. The highest BCUT2D eigenvalue weighted by Gasteiger charge is 2.34. The Morgan fingerprint density at radius 2 is 1.93 bits per heavy atom. The molecule has 46 heavy (non-hydrogen) atoms. The second kappa shape index (κ2) is 12.5. The zero-order valence-electron chi connectivity index (χ0n) is 26.4. The maximum absolute atomic E-state index is 13.9. The molecule has 6 rings (SSSR count). The number of nitrogens with one attached hydrogen (secondary N) is 2. The van der Waals surface area contributed by atoms with E-state index in [9.17, 15) is 22.8 Å². The van der Waals surface area contributed by atoms with E-state index in [0.717, 1.165) is 52.2 Å². The number of dihydropyridines is 1. The van der Waals surface area contributed by atoms with Crippen molar-refractivity contribution in [2.75, 3.05) is 58.2 Å². The first-order valence-corrected chi connectivity index (χ1v) is 15.5. The van der Waals surface area contributed by atoms with E-state index in [1.807, 2.05) is 38.2 Å². The summed E-state index contributed by atoms with van der Waals surface area (Å²) in [5, 5.41) is 6.27. The normalized spacial score (nSPS) is 19.8. The molecule has 0 bridgehead atoms. The molecule has 13 heteroatoms. The van der Waals surface area contributed by atoms with Crippen LogP contribution in [0.3, 0.4) is 0 Å². The number of rotatable bonds is 8. The number of carbonyl (C=O) groups is 2. The largest absolute Gasteiger partial charge is 0.500 e. The molecule has 0 radical (unpaired) electrons. The quantitative estimate of drug-likeness (QED) is 0.378. The highest BCUT2D eigenvalue weighted by Crippen LogP contribution is 2.38. The molecule has 3 aliphatic rings. The summed E-state index contributed by atoms with van der Waals surface area (Å²) < 4.78 is 46.7. The lowest BCUT2D eigenvalue weighted by Gasteiger charge is -2.39. The lowest BCUT2D eigenvalue weighted by molar-refractivity contribution is -0.149. The fraction of sp³-hybridized carbons (Fsp3) is 0.455. The second-order valence-electron chi connectivity index (χ2n) is 12.1. The van der Waals surface area contributed by atoms with Crippen molar-refractivity contribution < 1.29 is 27.5 Å². The van der Waals surface area contributed by atoms with Crippen molar-refractivity contribution in [3.05, 3.63) is 64.8 Å². The number of aliphatic imine (C=N–C) groups is 1. The van der Waals surface area contributed by atoms with E-state index in [2.05, 4.69) is 29.9 Å². The predicted octanol–water partition coefficient (Wildman–Crippen LogP) is 4.40. The van der Waals surface area contributed by atoms with Crippen molar-refractivity contribution in [3.63, 3.8) is 0 Å². The third-order valence-electron chi connectivity index (χ3n) is 9.25. The number of anilines is 1. The molecule has 10 nitrogen and oxygen atoms in total. The molecule has 3 aromatic heterocycles. The number of fused-ring (bicyclic) bond motifs is 2. The summed E-state index contributed by atoms with van der Waals surface area (Å²) in [6, 6.07) is 5.71. The molecule has 0 saturated carbocycles. The highest BCUT2D eigenvalue weighted by atomic mass is 19.4. The molecule has 2 amide bonds. The van der Waals surface area contributed by atoms with Gasteiger partial charge in [0.15, 0.2) is 0 Å². The van der Waals surface area contributed by atoms with E-state index in [-0.39, 0.29) is 24.4 Å². The van der Waals surface area contributed by atoms with Gasteiger partial charge >= 0.3 is 6.18 Å². The number of alkyl halides is 3. The van der Waals surface area contributed by atoms with E-state index in [0.29, 0.717) is 43.2 Å². The number of carbonyl (C=O) groups excluding carboxylic acids is 2. The number of methoxy groups -OCH3 is 1. The standard InChI is InChI=1S/C33H38F3N7O3/c1-19-15-28(46-4)26(32(45)40-19)17-39-31(44)25-16-27-23(22-5-8-37-30-24(22)6-9-38-30)7-10-43(27)29(20(25)2)21(3)42-13-11-41(12-14-42)18-33(34,35)36/h5,7-8,10,15-16,21,26H,6,9,11-14,17-18H2,1-4H3,(H,37,38)(H,39,44). The van der Waals surface area contributed by atoms with Gasteiger partial charge in [0.05, 0.1) is 19.2 Å². The van der Waals surface area contributed by atoms with Crippen molar-refractivity contribution in [1.29, 1.82) is 0 Å². The molecular weight excluding hydrogens is 599 g/mol. The number of halogens is 3. The van der Waals surface area contributed by atoms with Gasteiger partial charge in [0.1, 0.15) is 17.5 Å². The fourth-order valence-corrected chi connectivity index (χ4v) is 6.93. The molecule has 2 N–H and O–H groups in total. The molecule has 0 spiro atoms. The van der Waals surface area contributed by atoms with E-state index in [1.54, 1.807) is 19.2 Å². The van der Waals surface area contributed by atoms with Crippen molar-refractivity contribution in [1.82, 2.24) is 24.5 Å². The van der Waals surface area contributed by atoms with E-state index < -0.39 is 18.6 Å². The average Bonchev–Trinajstić information content (AvgIpc) is 3.66. The minimum atomic E-state index is -4.24. The number of nitrogens with zero attached hydrogens (tertiary/aromatic N) is 5. The number of amides is 2. The Hall–Kier alpha value is -4.23. The van der Waals surface area contributed by atoms with Crippen LogP contribution in [0.15, 0.2) is 47.4 Å². The number of aromatic nitrogens is 2. The lowest BCUT2D eigenvalue weighted by atomic mass is 9.97. The van der Waals surface area contributed by atoms with Gasteiger partial charge in [0.2, 0.25) is 0 Å². The monoisotopic (exact) mass is 637 g/mol.